The fourth-order valence-corrected chi connectivity index (χ4v) is 5.10. The maximum Gasteiger partial charge on any atom is 0.0423 e. The second kappa shape index (κ2) is 7.11. The molecule has 2 aromatic carbocycles. The van der Waals surface area contributed by atoms with E-state index in [1.54, 1.807) is 0 Å². The molecule has 1 nitrogen and oxygen atoms in total. The van der Waals surface area contributed by atoms with E-state index in [4.69, 9.17) is 5.41 Å². The highest BCUT2D eigenvalue weighted by Gasteiger charge is 2.29. The molecule has 1 N–H and O–H groups in total. The van der Waals surface area contributed by atoms with Crippen LogP contribution < -0.4 is 0 Å². The van der Waals surface area contributed by atoms with Gasteiger partial charge in [0.15, 0.2) is 0 Å². The van der Waals surface area contributed by atoms with Crippen LogP contribution in [0.5, 0.6) is 0 Å². The van der Waals surface area contributed by atoms with Gasteiger partial charge in [0, 0.05) is 23.1 Å². The first-order valence-corrected chi connectivity index (χ1v) is 10.5. The lowest BCUT2D eigenvalue weighted by Gasteiger charge is -2.26. The number of hydrogen-bond donors (Lipinski definition) is 1. The zero-order valence-corrected chi connectivity index (χ0v) is 17.2. The third-order valence-corrected chi connectivity index (χ3v) is 7.12. The lowest BCUT2D eigenvalue weighted by atomic mass is 9.79. The average Bonchev–Trinajstić information content (AvgIpc) is 2.90. The van der Waals surface area contributed by atoms with Crippen molar-refractivity contribution < 1.29 is 0 Å². The molecule has 1 unspecified atom stereocenters. The number of hydrogen-bond acceptors (Lipinski definition) is 1. The molecular formula is C26H31N. The van der Waals surface area contributed by atoms with Crippen LogP contribution in [0.2, 0.25) is 0 Å². The van der Waals surface area contributed by atoms with Gasteiger partial charge < -0.3 is 5.41 Å². The van der Waals surface area contributed by atoms with Crippen molar-refractivity contribution in [1.29, 1.82) is 5.41 Å². The summed E-state index contributed by atoms with van der Waals surface area (Å²) in [6.45, 7) is 9.11. The molecule has 0 amide bonds. The van der Waals surface area contributed by atoms with E-state index in [1.165, 1.54) is 76.3 Å². The Morgan fingerprint density at radius 1 is 0.889 bits per heavy atom. The molecule has 0 radical (unpaired) electrons. The van der Waals surface area contributed by atoms with Crippen LogP contribution in [0.25, 0.3) is 16.3 Å². The second-order valence-corrected chi connectivity index (χ2v) is 8.56. The Morgan fingerprint density at radius 2 is 1.52 bits per heavy atom. The summed E-state index contributed by atoms with van der Waals surface area (Å²) >= 11 is 0. The lowest BCUT2D eigenvalue weighted by Crippen LogP contribution is -2.19. The zero-order valence-electron chi connectivity index (χ0n) is 17.2. The van der Waals surface area contributed by atoms with E-state index in [-0.39, 0.29) is 0 Å². The summed E-state index contributed by atoms with van der Waals surface area (Å²) in [7, 11) is 0. The highest BCUT2D eigenvalue weighted by Crippen LogP contribution is 2.44. The summed E-state index contributed by atoms with van der Waals surface area (Å²) in [6.07, 6.45) is 6.23. The average molecular weight is 358 g/mol. The van der Waals surface area contributed by atoms with Crippen LogP contribution in [0, 0.1) is 17.2 Å². The van der Waals surface area contributed by atoms with Crippen molar-refractivity contribution in [1.82, 2.24) is 0 Å². The lowest BCUT2D eigenvalue weighted by molar-refractivity contribution is 0.438. The highest BCUT2D eigenvalue weighted by atomic mass is 14.5. The van der Waals surface area contributed by atoms with Crippen molar-refractivity contribution in [3.8, 4) is 0 Å². The van der Waals surface area contributed by atoms with E-state index < -0.39 is 0 Å². The highest BCUT2D eigenvalue weighted by molar-refractivity contribution is 6.08. The van der Waals surface area contributed by atoms with Crippen molar-refractivity contribution in [3.05, 3.63) is 64.2 Å². The van der Waals surface area contributed by atoms with E-state index in [2.05, 4.69) is 64.1 Å². The normalized spacial score (nSPS) is 21.4. The third-order valence-electron chi connectivity index (χ3n) is 7.12. The summed E-state index contributed by atoms with van der Waals surface area (Å²) in [4.78, 5) is 0. The van der Waals surface area contributed by atoms with Crippen molar-refractivity contribution >= 4 is 22.1 Å². The van der Waals surface area contributed by atoms with Crippen LogP contribution in [0.1, 0.15) is 70.9 Å². The number of rotatable bonds is 3. The number of benzene rings is 2. The SMILES string of the molecule is CC1=C(C)C(C)C(c2cc3ccccc3cc2C(=N)C2CCCCC2)=C1C. The Bertz CT molecular complexity index is 967. The molecule has 2 aromatic rings. The molecule has 1 atom stereocenters. The Kier molecular flexibility index (Phi) is 4.80. The first-order chi connectivity index (χ1) is 13.0. The molecule has 0 bridgehead atoms. The largest absolute Gasteiger partial charge is 0.304 e. The molecule has 2 aliphatic carbocycles. The minimum atomic E-state index is 0.423. The van der Waals surface area contributed by atoms with Crippen LogP contribution in [0.4, 0.5) is 0 Å². The molecule has 140 valence electrons. The molecule has 27 heavy (non-hydrogen) atoms. The predicted octanol–water partition coefficient (Wildman–Crippen LogP) is 7.55. The van der Waals surface area contributed by atoms with Crippen LogP contribution in [-0.4, -0.2) is 5.71 Å². The monoisotopic (exact) mass is 357 g/mol. The van der Waals surface area contributed by atoms with Gasteiger partial charge in [0.1, 0.15) is 0 Å². The van der Waals surface area contributed by atoms with Crippen molar-refractivity contribution in [2.24, 2.45) is 11.8 Å². The van der Waals surface area contributed by atoms with E-state index in [0.29, 0.717) is 11.8 Å². The van der Waals surface area contributed by atoms with Crippen molar-refractivity contribution in [3.63, 3.8) is 0 Å². The molecule has 0 heterocycles. The number of fused-ring (bicyclic) bond motifs is 1. The second-order valence-electron chi connectivity index (χ2n) is 8.56. The smallest absolute Gasteiger partial charge is 0.0423 e. The minimum absolute atomic E-state index is 0.423. The fourth-order valence-electron chi connectivity index (χ4n) is 5.10. The first-order valence-electron chi connectivity index (χ1n) is 10.5. The molecule has 1 fully saturated rings. The molecule has 4 rings (SSSR count). The maximum absolute atomic E-state index is 9.10. The summed E-state index contributed by atoms with van der Waals surface area (Å²) < 4.78 is 0. The fraction of sp³-hybridized carbons (Fsp3) is 0.423. The molecule has 0 spiro atoms. The van der Waals surface area contributed by atoms with E-state index in [0.717, 1.165) is 5.71 Å². The Balaban J connectivity index is 1.90. The Labute approximate surface area is 163 Å². The van der Waals surface area contributed by atoms with Gasteiger partial charge in [-0.05, 0) is 78.8 Å². The molecule has 0 aliphatic heterocycles. The van der Waals surface area contributed by atoms with E-state index in [9.17, 15) is 0 Å². The summed E-state index contributed by atoms with van der Waals surface area (Å²) in [5, 5.41) is 11.6. The van der Waals surface area contributed by atoms with E-state index in [1.807, 2.05) is 0 Å². The zero-order chi connectivity index (χ0) is 19.1. The van der Waals surface area contributed by atoms with Gasteiger partial charge in [0.2, 0.25) is 0 Å². The maximum atomic E-state index is 9.10. The van der Waals surface area contributed by atoms with Gasteiger partial charge in [0.05, 0.1) is 0 Å². The third kappa shape index (κ3) is 3.08. The van der Waals surface area contributed by atoms with Gasteiger partial charge in [-0.1, -0.05) is 56.0 Å². The number of allylic oxidation sites excluding steroid dienone is 4. The van der Waals surface area contributed by atoms with Gasteiger partial charge in [-0.2, -0.15) is 0 Å². The Hall–Kier alpha value is -2.15. The minimum Gasteiger partial charge on any atom is -0.304 e. The van der Waals surface area contributed by atoms with Gasteiger partial charge in [-0.3, -0.25) is 0 Å². The van der Waals surface area contributed by atoms with Gasteiger partial charge in [0.25, 0.3) is 0 Å². The predicted molar refractivity (Wildman–Crippen MR) is 117 cm³/mol. The van der Waals surface area contributed by atoms with Crippen LogP contribution >= 0.6 is 0 Å². The molecular weight excluding hydrogens is 326 g/mol. The van der Waals surface area contributed by atoms with Crippen molar-refractivity contribution in [2.75, 3.05) is 0 Å². The van der Waals surface area contributed by atoms with Crippen molar-refractivity contribution in [2.45, 2.75) is 59.8 Å². The molecule has 1 heteroatoms. The first kappa shape index (κ1) is 18.2. The van der Waals surface area contributed by atoms with Crippen LogP contribution in [0.3, 0.4) is 0 Å². The van der Waals surface area contributed by atoms with Gasteiger partial charge in [-0.15, -0.1) is 0 Å². The molecule has 0 aromatic heterocycles. The summed E-state index contributed by atoms with van der Waals surface area (Å²) in [5.41, 5.74) is 9.09. The number of nitrogens with one attached hydrogen (secondary N) is 1. The van der Waals surface area contributed by atoms with E-state index >= 15 is 0 Å². The van der Waals surface area contributed by atoms with Gasteiger partial charge >= 0.3 is 0 Å². The standard InChI is InChI=1S/C26H31N/c1-16-17(2)19(4)25(18(16)3)23-14-21-12-8-9-13-22(21)15-24(23)26(27)20-10-6-5-7-11-20/h8-9,12-15,18,20,27H,5-7,10-11H2,1-4H3. The Morgan fingerprint density at radius 3 is 2.11 bits per heavy atom. The van der Waals surface area contributed by atoms with Crippen LogP contribution in [0.15, 0.2) is 53.1 Å². The topological polar surface area (TPSA) is 23.9 Å². The molecule has 1 saturated carbocycles. The summed E-state index contributed by atoms with van der Waals surface area (Å²) in [6, 6.07) is 13.3. The quantitative estimate of drug-likeness (QED) is 0.548. The van der Waals surface area contributed by atoms with Crippen LogP contribution in [-0.2, 0) is 0 Å². The summed E-state index contributed by atoms with van der Waals surface area (Å²) in [5.74, 6) is 0.857. The molecule has 0 saturated heterocycles. The molecule has 2 aliphatic rings. The van der Waals surface area contributed by atoms with Gasteiger partial charge in [-0.25, -0.2) is 0 Å².